The maximum atomic E-state index is 13.2. The van der Waals surface area contributed by atoms with Gasteiger partial charge >= 0.3 is 0 Å². The summed E-state index contributed by atoms with van der Waals surface area (Å²) in [4.78, 5) is 25.7. The van der Waals surface area contributed by atoms with Crippen LogP contribution in [0.4, 0.5) is 11.4 Å². The lowest BCUT2D eigenvalue weighted by atomic mass is 9.85. The normalized spacial score (nSPS) is 12.7. The Morgan fingerprint density at radius 2 is 1.37 bits per heavy atom. The van der Waals surface area contributed by atoms with Gasteiger partial charge in [-0.3, -0.25) is 9.59 Å². The number of carbonyl (C=O) groups is 2. The van der Waals surface area contributed by atoms with Gasteiger partial charge in [0.05, 0.1) is 5.92 Å². The summed E-state index contributed by atoms with van der Waals surface area (Å²) in [6, 6.07) is 18.9. The number of hydrogen-bond donors (Lipinski definition) is 2. The van der Waals surface area contributed by atoms with Crippen molar-refractivity contribution in [3.63, 3.8) is 0 Å². The maximum absolute atomic E-state index is 13.2. The van der Waals surface area contributed by atoms with Crippen LogP contribution in [0.5, 0.6) is 0 Å². The molecule has 0 fully saturated rings. The van der Waals surface area contributed by atoms with E-state index in [2.05, 4.69) is 44.4 Å². The Labute approximate surface area is 180 Å². The lowest BCUT2D eigenvalue weighted by molar-refractivity contribution is -0.119. The van der Waals surface area contributed by atoms with Crippen LogP contribution in [0.3, 0.4) is 0 Å². The predicted molar refractivity (Wildman–Crippen MR) is 125 cm³/mol. The first-order valence-electron chi connectivity index (χ1n) is 10.8. The molecule has 0 spiro atoms. The minimum absolute atomic E-state index is 0.0544. The number of rotatable bonds is 10. The highest BCUT2D eigenvalue weighted by Crippen LogP contribution is 2.27. The summed E-state index contributed by atoms with van der Waals surface area (Å²) in [5.41, 5.74) is 2.66. The number of carbonyl (C=O) groups excluding carboxylic acids is 2. The third-order valence-electron chi connectivity index (χ3n) is 4.71. The summed E-state index contributed by atoms with van der Waals surface area (Å²) in [6.45, 7) is 8.55. The lowest BCUT2D eigenvalue weighted by Gasteiger charge is -2.23. The van der Waals surface area contributed by atoms with Crippen molar-refractivity contribution >= 4 is 23.2 Å². The van der Waals surface area contributed by atoms with Crippen molar-refractivity contribution in [2.45, 2.75) is 47.0 Å². The van der Waals surface area contributed by atoms with Crippen molar-refractivity contribution in [1.82, 2.24) is 0 Å². The number of amides is 2. The number of hydrogen-bond acceptors (Lipinski definition) is 2. The summed E-state index contributed by atoms with van der Waals surface area (Å²) >= 11 is 0. The molecule has 4 nitrogen and oxygen atoms in total. The molecule has 2 N–H and O–H groups in total. The quantitative estimate of drug-likeness (QED) is 0.456. The molecule has 1 atom stereocenters. The summed E-state index contributed by atoms with van der Waals surface area (Å²) in [7, 11) is 0. The van der Waals surface area contributed by atoms with Gasteiger partial charge in [-0.15, -0.1) is 0 Å². The Morgan fingerprint density at radius 1 is 0.833 bits per heavy atom. The van der Waals surface area contributed by atoms with Gasteiger partial charge in [-0.25, -0.2) is 0 Å². The van der Waals surface area contributed by atoms with Crippen LogP contribution in [0.15, 0.2) is 72.3 Å². The van der Waals surface area contributed by atoms with E-state index >= 15 is 0 Å². The van der Waals surface area contributed by atoms with Gasteiger partial charge in [0.1, 0.15) is 0 Å². The molecule has 2 aromatic rings. The highest BCUT2D eigenvalue weighted by atomic mass is 16.2. The first kappa shape index (κ1) is 23.4. The second-order valence-electron chi connectivity index (χ2n) is 8.44. The predicted octanol–water partition coefficient (Wildman–Crippen LogP) is 6.29. The molecule has 2 aromatic carbocycles. The number of anilines is 2. The molecule has 0 radical (unpaired) electrons. The van der Waals surface area contributed by atoms with E-state index in [4.69, 9.17) is 0 Å². The van der Waals surface area contributed by atoms with Gasteiger partial charge in [0.2, 0.25) is 11.8 Å². The van der Waals surface area contributed by atoms with Crippen molar-refractivity contribution < 1.29 is 9.59 Å². The number of para-hydroxylation sites is 2. The van der Waals surface area contributed by atoms with Crippen molar-refractivity contribution in [2.75, 3.05) is 10.6 Å². The zero-order valence-electron chi connectivity index (χ0n) is 18.5. The largest absolute Gasteiger partial charge is 0.326 e. The smallest absolute Gasteiger partial charge is 0.231 e. The third-order valence-corrected chi connectivity index (χ3v) is 4.71. The van der Waals surface area contributed by atoms with Crippen LogP contribution in [-0.2, 0) is 9.59 Å². The maximum Gasteiger partial charge on any atom is 0.231 e. The molecule has 0 aliphatic heterocycles. The molecular weight excluding hydrogens is 372 g/mol. The monoisotopic (exact) mass is 406 g/mol. The average molecular weight is 407 g/mol. The standard InChI is InChI=1S/C26H34N2O2/c1-19(2)17-21(18-20(3)4)24(26(30)28-23-13-9-6-10-14-23)15-16-25(29)27-22-11-7-5-8-12-22/h5-14,17,19-20,24H,15-16,18H2,1-4H3,(H,27,29)(H,28,30)/b21-17-. The van der Waals surface area contributed by atoms with Crippen molar-refractivity contribution in [3.8, 4) is 0 Å². The molecule has 0 heterocycles. The van der Waals surface area contributed by atoms with Crippen LogP contribution in [0.25, 0.3) is 0 Å². The minimum Gasteiger partial charge on any atom is -0.326 e. The summed E-state index contributed by atoms with van der Waals surface area (Å²) in [6.07, 6.45) is 3.79. The summed E-state index contributed by atoms with van der Waals surface area (Å²) in [5, 5.41) is 5.95. The average Bonchev–Trinajstić information content (AvgIpc) is 2.68. The van der Waals surface area contributed by atoms with E-state index in [1.165, 1.54) is 0 Å². The molecule has 0 saturated carbocycles. The molecule has 0 aliphatic carbocycles. The summed E-state index contributed by atoms with van der Waals surface area (Å²) < 4.78 is 0. The second kappa shape index (κ2) is 12.0. The van der Waals surface area contributed by atoms with Gasteiger partial charge in [0, 0.05) is 17.8 Å². The summed E-state index contributed by atoms with van der Waals surface area (Å²) in [5.74, 6) is 0.300. The van der Waals surface area contributed by atoms with E-state index < -0.39 is 0 Å². The van der Waals surface area contributed by atoms with Gasteiger partial charge in [0.25, 0.3) is 0 Å². The Kier molecular flexibility index (Phi) is 9.33. The number of nitrogens with one attached hydrogen (secondary N) is 2. The van der Waals surface area contributed by atoms with E-state index in [1.807, 2.05) is 60.7 Å². The van der Waals surface area contributed by atoms with Crippen LogP contribution in [-0.4, -0.2) is 11.8 Å². The highest BCUT2D eigenvalue weighted by molar-refractivity contribution is 5.95. The Bertz CT molecular complexity index is 827. The molecule has 160 valence electrons. The third kappa shape index (κ3) is 8.24. The van der Waals surface area contributed by atoms with Crippen molar-refractivity contribution in [1.29, 1.82) is 0 Å². The first-order valence-corrected chi connectivity index (χ1v) is 10.8. The van der Waals surface area contributed by atoms with E-state index in [9.17, 15) is 9.59 Å². The van der Waals surface area contributed by atoms with Crippen LogP contribution in [0.2, 0.25) is 0 Å². The van der Waals surface area contributed by atoms with Crippen LogP contribution in [0.1, 0.15) is 47.0 Å². The molecule has 0 aliphatic rings. The number of benzene rings is 2. The fraction of sp³-hybridized carbons (Fsp3) is 0.385. The van der Waals surface area contributed by atoms with Gasteiger partial charge in [-0.1, -0.05) is 75.7 Å². The van der Waals surface area contributed by atoms with E-state index in [-0.39, 0.29) is 24.2 Å². The zero-order chi connectivity index (χ0) is 21.9. The zero-order valence-corrected chi connectivity index (χ0v) is 18.5. The number of allylic oxidation sites excluding steroid dienone is 1. The molecular formula is C26H34N2O2. The van der Waals surface area contributed by atoms with Gasteiger partial charge < -0.3 is 10.6 Å². The SMILES string of the molecule is CC(C)/C=C(/CC(C)C)C(CCC(=O)Nc1ccccc1)C(=O)Nc1ccccc1. The van der Waals surface area contributed by atoms with Crippen LogP contribution < -0.4 is 10.6 Å². The minimum atomic E-state index is -0.337. The van der Waals surface area contributed by atoms with Crippen molar-refractivity contribution in [3.05, 3.63) is 72.3 Å². The van der Waals surface area contributed by atoms with Crippen LogP contribution >= 0.6 is 0 Å². The van der Waals surface area contributed by atoms with Gasteiger partial charge in [0.15, 0.2) is 0 Å². The topological polar surface area (TPSA) is 58.2 Å². The molecule has 2 amide bonds. The van der Waals surface area contributed by atoms with Crippen molar-refractivity contribution in [2.24, 2.45) is 17.8 Å². The fourth-order valence-electron chi connectivity index (χ4n) is 3.48. The highest BCUT2D eigenvalue weighted by Gasteiger charge is 2.25. The molecule has 0 aromatic heterocycles. The molecule has 1 unspecified atom stereocenters. The van der Waals surface area contributed by atoms with Gasteiger partial charge in [-0.2, -0.15) is 0 Å². The Morgan fingerprint density at radius 3 is 1.87 bits per heavy atom. The molecule has 2 rings (SSSR count). The second-order valence-corrected chi connectivity index (χ2v) is 8.44. The van der Waals surface area contributed by atoms with E-state index in [1.54, 1.807) is 0 Å². The Balaban J connectivity index is 2.16. The Hall–Kier alpha value is -2.88. The molecule has 30 heavy (non-hydrogen) atoms. The van der Waals surface area contributed by atoms with E-state index in [0.29, 0.717) is 18.3 Å². The molecule has 0 saturated heterocycles. The molecule has 4 heteroatoms. The first-order chi connectivity index (χ1) is 14.3. The lowest BCUT2D eigenvalue weighted by Crippen LogP contribution is -2.27. The van der Waals surface area contributed by atoms with Crippen LogP contribution in [0, 0.1) is 17.8 Å². The van der Waals surface area contributed by atoms with E-state index in [0.717, 1.165) is 23.4 Å². The molecule has 0 bridgehead atoms. The van der Waals surface area contributed by atoms with Gasteiger partial charge in [-0.05, 0) is 48.9 Å². The fourth-order valence-corrected chi connectivity index (χ4v) is 3.48.